The fourth-order valence-electron chi connectivity index (χ4n) is 2.18. The van der Waals surface area contributed by atoms with Crippen molar-refractivity contribution >= 4 is 29.2 Å². The lowest BCUT2D eigenvalue weighted by Crippen LogP contribution is -2.20. The zero-order chi connectivity index (χ0) is 19.8. The molecule has 0 aliphatic rings. The average Bonchev–Trinajstić information content (AvgIpc) is 2.66. The minimum atomic E-state index is -0.518. The van der Waals surface area contributed by atoms with Crippen molar-refractivity contribution in [1.29, 1.82) is 0 Å². The average molecular weight is 394 g/mol. The highest BCUT2D eigenvalue weighted by Gasteiger charge is 2.13. The van der Waals surface area contributed by atoms with Gasteiger partial charge in [-0.05, 0) is 25.1 Å². The second-order valence-corrected chi connectivity index (χ2v) is 5.71. The van der Waals surface area contributed by atoms with Crippen LogP contribution in [0.25, 0.3) is 0 Å². The highest BCUT2D eigenvalue weighted by atomic mass is 35.5. The molecule has 0 atom stereocenters. The first kappa shape index (κ1) is 20.4. The highest BCUT2D eigenvalue weighted by Crippen LogP contribution is 2.27. The van der Waals surface area contributed by atoms with Crippen molar-refractivity contribution in [2.45, 2.75) is 6.92 Å². The molecule has 8 heteroatoms. The van der Waals surface area contributed by atoms with E-state index in [2.05, 4.69) is 5.32 Å². The molecule has 0 fully saturated rings. The van der Waals surface area contributed by atoms with Gasteiger partial charge in [-0.25, -0.2) is 4.79 Å². The van der Waals surface area contributed by atoms with Gasteiger partial charge >= 0.3 is 5.97 Å². The predicted octanol–water partition coefficient (Wildman–Crippen LogP) is 3.55. The van der Waals surface area contributed by atoms with Crippen LogP contribution in [0.5, 0.6) is 17.2 Å². The maximum absolute atomic E-state index is 12.1. The van der Waals surface area contributed by atoms with E-state index >= 15 is 0 Å². The van der Waals surface area contributed by atoms with Gasteiger partial charge in [0, 0.05) is 23.9 Å². The van der Waals surface area contributed by atoms with E-state index in [0.717, 1.165) is 0 Å². The molecule has 2 aromatic carbocycles. The fourth-order valence-corrected chi connectivity index (χ4v) is 2.44. The van der Waals surface area contributed by atoms with Crippen LogP contribution >= 0.6 is 11.6 Å². The van der Waals surface area contributed by atoms with Crippen LogP contribution in [0, 0.1) is 0 Å². The van der Waals surface area contributed by atoms with Gasteiger partial charge in [0.2, 0.25) is 0 Å². The summed E-state index contributed by atoms with van der Waals surface area (Å²) < 4.78 is 20.7. The summed E-state index contributed by atoms with van der Waals surface area (Å²) in [6, 6.07) is 9.50. The molecule has 0 bridgehead atoms. The minimum Gasteiger partial charge on any atom is -0.496 e. The zero-order valence-electron chi connectivity index (χ0n) is 15.2. The molecular weight excluding hydrogens is 374 g/mol. The van der Waals surface area contributed by atoms with E-state index in [1.807, 2.05) is 0 Å². The molecule has 144 valence electrons. The molecule has 1 N–H and O–H groups in total. The van der Waals surface area contributed by atoms with Crippen LogP contribution in [0.2, 0.25) is 5.02 Å². The summed E-state index contributed by atoms with van der Waals surface area (Å²) in [5, 5.41) is 2.83. The van der Waals surface area contributed by atoms with Crippen molar-refractivity contribution in [1.82, 2.24) is 0 Å². The number of halogens is 1. The Hall–Kier alpha value is -2.93. The van der Waals surface area contributed by atoms with E-state index in [1.165, 1.54) is 26.4 Å². The van der Waals surface area contributed by atoms with Crippen LogP contribution in [0.15, 0.2) is 36.4 Å². The van der Waals surface area contributed by atoms with E-state index in [4.69, 9.17) is 30.5 Å². The van der Waals surface area contributed by atoms with Crippen LogP contribution in [-0.2, 0) is 9.53 Å². The van der Waals surface area contributed by atoms with Gasteiger partial charge in [-0.15, -0.1) is 0 Å². The molecule has 0 aliphatic heterocycles. The van der Waals surface area contributed by atoms with Crippen molar-refractivity contribution in [2.75, 3.05) is 32.8 Å². The second-order valence-electron chi connectivity index (χ2n) is 5.30. The lowest BCUT2D eigenvalue weighted by Gasteiger charge is -2.11. The number of esters is 1. The fraction of sp³-hybridized carbons (Fsp3) is 0.263. The number of ether oxygens (including phenoxy) is 4. The Morgan fingerprint density at radius 3 is 2.19 bits per heavy atom. The molecule has 0 aliphatic carbocycles. The van der Waals surface area contributed by atoms with Crippen LogP contribution in [0.4, 0.5) is 5.69 Å². The quantitative estimate of drug-likeness (QED) is 0.690. The number of carbonyl (C=O) groups excluding carboxylic acids is 2. The van der Waals surface area contributed by atoms with Gasteiger partial charge < -0.3 is 24.3 Å². The van der Waals surface area contributed by atoms with E-state index in [-0.39, 0.29) is 23.8 Å². The number of carbonyl (C=O) groups is 2. The summed E-state index contributed by atoms with van der Waals surface area (Å²) in [4.78, 5) is 23.8. The third-order valence-electron chi connectivity index (χ3n) is 3.44. The Morgan fingerprint density at radius 2 is 1.63 bits per heavy atom. The lowest BCUT2D eigenvalue weighted by molar-refractivity contribution is -0.118. The van der Waals surface area contributed by atoms with Gasteiger partial charge in [0.15, 0.2) is 6.61 Å². The summed E-state index contributed by atoms with van der Waals surface area (Å²) in [6.45, 7) is 1.73. The molecule has 0 aromatic heterocycles. The molecule has 1 amide bonds. The van der Waals surface area contributed by atoms with Crippen LogP contribution in [-0.4, -0.2) is 39.3 Å². The first-order valence-corrected chi connectivity index (χ1v) is 8.47. The molecule has 27 heavy (non-hydrogen) atoms. The third kappa shape index (κ3) is 5.79. The number of hydrogen-bond acceptors (Lipinski definition) is 6. The maximum Gasteiger partial charge on any atom is 0.339 e. The van der Waals surface area contributed by atoms with Gasteiger partial charge in [0.1, 0.15) is 17.2 Å². The normalized spacial score (nSPS) is 10.1. The number of methoxy groups -OCH3 is 2. The summed E-state index contributed by atoms with van der Waals surface area (Å²) in [7, 11) is 3.05. The molecule has 2 rings (SSSR count). The molecule has 0 radical (unpaired) electrons. The number of benzene rings is 2. The Labute approximate surface area is 162 Å². The van der Waals surface area contributed by atoms with E-state index in [1.54, 1.807) is 31.2 Å². The molecule has 2 aromatic rings. The number of nitrogens with one attached hydrogen (secondary N) is 1. The number of amides is 1. The summed E-state index contributed by atoms with van der Waals surface area (Å²) in [6.07, 6.45) is 0. The van der Waals surface area contributed by atoms with Crippen LogP contribution < -0.4 is 19.5 Å². The van der Waals surface area contributed by atoms with Crippen molar-refractivity contribution in [3.8, 4) is 17.2 Å². The van der Waals surface area contributed by atoms with Crippen molar-refractivity contribution < 1.29 is 28.5 Å². The van der Waals surface area contributed by atoms with Gasteiger partial charge in [0.05, 0.1) is 31.4 Å². The van der Waals surface area contributed by atoms with E-state index < -0.39 is 11.9 Å². The smallest absolute Gasteiger partial charge is 0.339 e. The molecule has 0 spiro atoms. The van der Waals surface area contributed by atoms with Gasteiger partial charge in [-0.1, -0.05) is 11.6 Å². The van der Waals surface area contributed by atoms with E-state index in [9.17, 15) is 9.59 Å². The van der Waals surface area contributed by atoms with Crippen molar-refractivity contribution in [3.63, 3.8) is 0 Å². The number of rotatable bonds is 8. The molecule has 0 saturated heterocycles. The first-order valence-electron chi connectivity index (χ1n) is 8.09. The molecule has 0 saturated carbocycles. The Morgan fingerprint density at radius 1 is 1.00 bits per heavy atom. The zero-order valence-corrected chi connectivity index (χ0v) is 16.0. The molecule has 7 nitrogen and oxygen atoms in total. The van der Waals surface area contributed by atoms with Gasteiger partial charge in [-0.3, -0.25) is 4.79 Å². The lowest BCUT2D eigenvalue weighted by atomic mass is 10.2. The van der Waals surface area contributed by atoms with Crippen LogP contribution in [0.1, 0.15) is 17.3 Å². The van der Waals surface area contributed by atoms with Gasteiger partial charge in [-0.2, -0.15) is 0 Å². The van der Waals surface area contributed by atoms with Gasteiger partial charge in [0.25, 0.3) is 5.91 Å². The summed E-state index contributed by atoms with van der Waals surface area (Å²) in [5.41, 5.74) is 0.668. The standard InChI is InChI=1S/C19H20ClNO6/c1-4-26-19(23)16-6-5-12(7-17(16)20)21-18(22)11-27-15-9-13(24-2)8-14(10-15)25-3/h5-10H,4,11H2,1-3H3,(H,21,22). The summed E-state index contributed by atoms with van der Waals surface area (Å²) >= 11 is 6.07. The molecule has 0 unspecified atom stereocenters. The maximum atomic E-state index is 12.1. The molecular formula is C19H20ClNO6. The first-order chi connectivity index (χ1) is 13.0. The van der Waals surface area contributed by atoms with Crippen molar-refractivity contribution in [2.24, 2.45) is 0 Å². The predicted molar refractivity (Wildman–Crippen MR) is 101 cm³/mol. The van der Waals surface area contributed by atoms with Crippen LogP contribution in [0.3, 0.4) is 0 Å². The Kier molecular flexibility index (Phi) is 7.31. The van der Waals surface area contributed by atoms with Crippen molar-refractivity contribution in [3.05, 3.63) is 47.0 Å². The second kappa shape index (κ2) is 9.68. The Bertz CT molecular complexity index is 802. The number of anilines is 1. The largest absolute Gasteiger partial charge is 0.496 e. The monoisotopic (exact) mass is 393 g/mol. The highest BCUT2D eigenvalue weighted by molar-refractivity contribution is 6.34. The summed E-state index contributed by atoms with van der Waals surface area (Å²) in [5.74, 6) is 0.613. The SMILES string of the molecule is CCOC(=O)c1ccc(NC(=O)COc2cc(OC)cc(OC)c2)cc1Cl. The minimum absolute atomic E-state index is 0.185. The number of hydrogen-bond donors (Lipinski definition) is 1. The third-order valence-corrected chi connectivity index (χ3v) is 3.76. The topological polar surface area (TPSA) is 83.1 Å². The van der Waals surface area contributed by atoms with E-state index in [0.29, 0.717) is 22.9 Å². The Balaban J connectivity index is 1.98. The molecule has 0 heterocycles.